The molecule has 1 saturated carbocycles. The number of carbonyl (C=O) groups is 2. The average Bonchev–Trinajstić information content (AvgIpc) is 3.69. The molecule has 2 saturated heterocycles. The van der Waals surface area contributed by atoms with Crippen LogP contribution in [-0.4, -0.2) is 58.2 Å². The van der Waals surface area contributed by atoms with Crippen LogP contribution in [0, 0.1) is 5.92 Å². The highest BCUT2D eigenvalue weighted by atomic mass is 19.4. The van der Waals surface area contributed by atoms with Gasteiger partial charge in [0.15, 0.2) is 0 Å². The third-order valence-electron chi connectivity index (χ3n) is 8.36. The zero-order valence-corrected chi connectivity index (χ0v) is 23.3. The van der Waals surface area contributed by atoms with Crippen LogP contribution in [-0.2, 0) is 16.1 Å². The number of ether oxygens (including phenoxy) is 2. The lowest BCUT2D eigenvalue weighted by Crippen LogP contribution is -2.47. The number of hydrogen-bond acceptors (Lipinski definition) is 8. The second-order valence-corrected chi connectivity index (χ2v) is 11.4. The molecule has 2 bridgehead atoms. The molecule has 43 heavy (non-hydrogen) atoms. The minimum atomic E-state index is -4.85. The Morgan fingerprint density at radius 1 is 1.14 bits per heavy atom. The lowest BCUT2D eigenvalue weighted by Gasteiger charge is -2.40. The zero-order valence-electron chi connectivity index (χ0n) is 23.3. The fraction of sp³-hybridized carbons (Fsp3) is 0.467. The van der Waals surface area contributed by atoms with Crippen molar-refractivity contribution >= 4 is 17.7 Å². The van der Waals surface area contributed by atoms with Gasteiger partial charge in [0.1, 0.15) is 29.6 Å². The lowest BCUT2D eigenvalue weighted by atomic mass is 9.96. The van der Waals surface area contributed by atoms with Crippen LogP contribution in [0.15, 0.2) is 47.1 Å². The number of pyridine rings is 1. The number of amides is 1. The number of nitrogens with one attached hydrogen (secondary N) is 1. The number of carboxylic acids is 1. The van der Waals surface area contributed by atoms with Crippen molar-refractivity contribution in [2.45, 2.75) is 76.1 Å². The Morgan fingerprint density at radius 3 is 2.60 bits per heavy atom. The molecule has 6 rings (SSSR count). The van der Waals surface area contributed by atoms with Gasteiger partial charge in [-0.05, 0) is 62.3 Å². The van der Waals surface area contributed by atoms with E-state index in [1.807, 2.05) is 0 Å². The second-order valence-electron chi connectivity index (χ2n) is 11.4. The Morgan fingerprint density at radius 2 is 1.93 bits per heavy atom. The highest BCUT2D eigenvalue weighted by molar-refractivity contribution is 5.95. The molecule has 0 radical (unpaired) electrons. The maximum atomic E-state index is 13.1. The fourth-order valence-electron chi connectivity index (χ4n) is 6.31. The molecular weight excluding hydrogens is 569 g/mol. The number of nitrogens with zero attached hydrogens (tertiary/aromatic N) is 3. The van der Waals surface area contributed by atoms with E-state index in [2.05, 4.69) is 32.0 Å². The number of carbonyl (C=O) groups excluding carboxylic acids is 1. The Kier molecular flexibility index (Phi) is 7.75. The monoisotopic (exact) mass is 600 g/mol. The standard InChI is InChI=1S/C30H31F3N4O6/c1-16-10-19-11-20(12-23(16)37(19)25-9-8-18(13-34-25)29(40)35-14-26(38)39)41-15-22-27(36-43-28(22)17-6-7-17)21-4-2-3-5-24(21)42-30(31,32)33/h2-5,8-9,13,16-17,19-20,23H,6-7,10-12,14-15H2,1H3,(H,35,40)(H,38,39)/t16-,19?,20?,23?/m1/s1. The van der Waals surface area contributed by atoms with Crippen molar-refractivity contribution in [1.82, 2.24) is 15.5 Å². The van der Waals surface area contributed by atoms with Gasteiger partial charge in [-0.3, -0.25) is 9.59 Å². The third kappa shape index (κ3) is 6.31. The Bertz CT molecular complexity index is 1490. The van der Waals surface area contributed by atoms with Gasteiger partial charge in [-0.25, -0.2) is 4.98 Å². The van der Waals surface area contributed by atoms with Gasteiger partial charge in [-0.15, -0.1) is 13.2 Å². The van der Waals surface area contributed by atoms with E-state index in [0.717, 1.165) is 37.9 Å². The molecule has 3 fully saturated rings. The number of piperidine rings is 1. The predicted molar refractivity (Wildman–Crippen MR) is 146 cm³/mol. The smallest absolute Gasteiger partial charge is 0.480 e. The summed E-state index contributed by atoms with van der Waals surface area (Å²) in [5.74, 6) is -0.0279. The van der Waals surface area contributed by atoms with Gasteiger partial charge in [0.2, 0.25) is 0 Å². The summed E-state index contributed by atoms with van der Waals surface area (Å²) in [6.07, 6.45) is 0.776. The molecule has 4 heterocycles. The largest absolute Gasteiger partial charge is 0.573 e. The number of carboxylic acid groups (broad SMARTS) is 1. The molecule has 3 unspecified atom stereocenters. The Labute approximate surface area is 245 Å². The Balaban J connectivity index is 1.16. The van der Waals surface area contributed by atoms with E-state index < -0.39 is 24.8 Å². The quantitative estimate of drug-likeness (QED) is 0.319. The van der Waals surface area contributed by atoms with E-state index in [4.69, 9.17) is 14.4 Å². The topological polar surface area (TPSA) is 127 Å². The van der Waals surface area contributed by atoms with E-state index in [-0.39, 0.29) is 47.6 Å². The van der Waals surface area contributed by atoms with Crippen LogP contribution in [0.2, 0.25) is 0 Å². The van der Waals surface area contributed by atoms with Crippen LogP contribution in [0.5, 0.6) is 5.75 Å². The van der Waals surface area contributed by atoms with Crippen molar-refractivity contribution < 1.29 is 41.9 Å². The summed E-state index contributed by atoms with van der Waals surface area (Å²) in [5, 5.41) is 15.3. The first-order valence-electron chi connectivity index (χ1n) is 14.3. The number of anilines is 1. The SMILES string of the molecule is C[C@@H]1CC2CC(OCc3c(-c4ccccc4OC(F)(F)F)noc3C3CC3)CC1N2c1ccc(C(=O)NCC(=O)O)cn1. The second kappa shape index (κ2) is 11.5. The molecule has 3 aromatic rings. The number of aliphatic carboxylic acids is 1. The molecule has 0 spiro atoms. The molecule has 2 aliphatic heterocycles. The zero-order chi connectivity index (χ0) is 30.3. The van der Waals surface area contributed by atoms with Crippen molar-refractivity contribution in [2.24, 2.45) is 5.92 Å². The van der Waals surface area contributed by atoms with Crippen LogP contribution in [0.3, 0.4) is 0 Å². The number of hydrogen-bond donors (Lipinski definition) is 2. The fourth-order valence-corrected chi connectivity index (χ4v) is 6.31. The predicted octanol–water partition coefficient (Wildman–Crippen LogP) is 5.29. The van der Waals surface area contributed by atoms with Crippen LogP contribution in [0.1, 0.15) is 66.6 Å². The number of fused-ring (bicyclic) bond motifs is 2. The van der Waals surface area contributed by atoms with Crippen LogP contribution >= 0.6 is 0 Å². The number of halogens is 3. The number of aromatic nitrogens is 2. The molecule has 1 aliphatic carbocycles. The first-order chi connectivity index (χ1) is 20.6. The number of rotatable bonds is 10. The van der Waals surface area contributed by atoms with Crippen LogP contribution < -0.4 is 15.0 Å². The van der Waals surface area contributed by atoms with Crippen molar-refractivity contribution in [2.75, 3.05) is 11.4 Å². The molecule has 10 nitrogen and oxygen atoms in total. The summed E-state index contributed by atoms with van der Waals surface area (Å²) < 4.78 is 55.7. The summed E-state index contributed by atoms with van der Waals surface area (Å²) in [5.41, 5.74) is 1.43. The van der Waals surface area contributed by atoms with Crippen LogP contribution in [0.25, 0.3) is 11.3 Å². The van der Waals surface area contributed by atoms with Gasteiger partial charge in [-0.1, -0.05) is 24.2 Å². The molecule has 1 amide bonds. The van der Waals surface area contributed by atoms with E-state index >= 15 is 0 Å². The summed E-state index contributed by atoms with van der Waals surface area (Å²) in [4.78, 5) is 29.7. The average molecular weight is 601 g/mol. The maximum absolute atomic E-state index is 13.1. The number of benzene rings is 1. The number of alkyl halides is 3. The van der Waals surface area contributed by atoms with Crippen molar-refractivity contribution in [1.29, 1.82) is 0 Å². The summed E-state index contributed by atoms with van der Waals surface area (Å²) in [6, 6.07) is 9.62. The Hall–Kier alpha value is -4.13. The molecule has 3 aliphatic rings. The van der Waals surface area contributed by atoms with Gasteiger partial charge in [0, 0.05) is 35.3 Å². The molecule has 13 heteroatoms. The minimum Gasteiger partial charge on any atom is -0.480 e. The third-order valence-corrected chi connectivity index (χ3v) is 8.36. The normalized spacial score (nSPS) is 23.3. The highest BCUT2D eigenvalue weighted by Crippen LogP contribution is 2.47. The highest BCUT2D eigenvalue weighted by Gasteiger charge is 2.46. The van der Waals surface area contributed by atoms with Gasteiger partial charge >= 0.3 is 12.3 Å². The van der Waals surface area contributed by atoms with E-state index in [9.17, 15) is 22.8 Å². The van der Waals surface area contributed by atoms with Gasteiger partial charge in [0.25, 0.3) is 5.91 Å². The van der Waals surface area contributed by atoms with Gasteiger partial charge in [-0.2, -0.15) is 0 Å². The molecule has 2 aromatic heterocycles. The van der Waals surface area contributed by atoms with E-state index in [1.165, 1.54) is 24.4 Å². The summed E-state index contributed by atoms with van der Waals surface area (Å²) in [6.45, 7) is 1.87. The summed E-state index contributed by atoms with van der Waals surface area (Å²) >= 11 is 0. The summed E-state index contributed by atoms with van der Waals surface area (Å²) in [7, 11) is 0. The molecule has 4 atom stereocenters. The molecule has 2 N–H and O–H groups in total. The van der Waals surface area contributed by atoms with Gasteiger partial charge in [0.05, 0.1) is 18.3 Å². The van der Waals surface area contributed by atoms with E-state index in [0.29, 0.717) is 22.9 Å². The lowest BCUT2D eigenvalue weighted by molar-refractivity contribution is -0.274. The maximum Gasteiger partial charge on any atom is 0.573 e. The molecule has 228 valence electrons. The molecular formula is C30H31F3N4O6. The minimum absolute atomic E-state index is 0.0891. The van der Waals surface area contributed by atoms with Gasteiger partial charge < -0.3 is 29.3 Å². The molecule has 1 aromatic carbocycles. The van der Waals surface area contributed by atoms with Crippen LogP contribution in [0.4, 0.5) is 19.0 Å². The van der Waals surface area contributed by atoms with E-state index in [1.54, 1.807) is 18.2 Å². The van der Waals surface area contributed by atoms with Crippen molar-refractivity contribution in [3.05, 3.63) is 59.5 Å². The first-order valence-corrected chi connectivity index (χ1v) is 14.3. The first kappa shape index (κ1) is 29.0. The van der Waals surface area contributed by atoms with Crippen molar-refractivity contribution in [3.8, 4) is 17.0 Å². The van der Waals surface area contributed by atoms with Crippen molar-refractivity contribution in [3.63, 3.8) is 0 Å². The number of para-hydroxylation sites is 1.